The molecule has 19 atom stereocenters. The van der Waals surface area contributed by atoms with E-state index in [0.29, 0.717) is 22.3 Å². The van der Waals surface area contributed by atoms with Gasteiger partial charge in [0.15, 0.2) is 24.5 Å². The van der Waals surface area contributed by atoms with E-state index in [1.54, 1.807) is 24.6 Å². The van der Waals surface area contributed by atoms with Crippen molar-refractivity contribution >= 4 is 86.6 Å². The highest BCUT2D eigenvalue weighted by atomic mass is 32.2. The normalized spacial score (nSPS) is 23.8. The molecule has 2 fully saturated rings. The summed E-state index contributed by atoms with van der Waals surface area (Å²) in [6, 6.07) is -2.57. The minimum Gasteiger partial charge on any atom is -0.441 e. The average molecular weight is 1450 g/mol. The maximum atomic E-state index is 15.4. The van der Waals surface area contributed by atoms with Crippen molar-refractivity contribution in [1.82, 2.24) is 45.9 Å². The van der Waals surface area contributed by atoms with Gasteiger partial charge in [0.2, 0.25) is 23.6 Å². The number of thiazole rings is 2. The van der Waals surface area contributed by atoms with E-state index < -0.39 is 195 Å². The van der Waals surface area contributed by atoms with E-state index in [1.165, 1.54) is 62.9 Å². The minimum atomic E-state index is -2.14. The Balaban J connectivity index is 1.29. The average Bonchev–Trinajstić information content (AvgIpc) is 1.46. The predicted molar refractivity (Wildman–Crippen MR) is 356 cm³/mol. The van der Waals surface area contributed by atoms with Crippen molar-refractivity contribution in [2.45, 2.75) is 190 Å². The number of hydrogen-bond acceptors (Lipinski definition) is 30. The summed E-state index contributed by atoms with van der Waals surface area (Å²) in [5.74, 6) is -10.4. The van der Waals surface area contributed by atoms with Crippen LogP contribution < -0.4 is 44.6 Å². The number of nitrogens with two attached hydrogens (primary N) is 5. The van der Waals surface area contributed by atoms with Gasteiger partial charge < -0.3 is 114 Å². The second-order valence-corrected chi connectivity index (χ2v) is 29.1. The number of H-pyrrole nitrogens is 1. The van der Waals surface area contributed by atoms with Gasteiger partial charge in [-0.05, 0) is 58.4 Å². The highest BCUT2D eigenvalue weighted by Gasteiger charge is 2.54. The van der Waals surface area contributed by atoms with Gasteiger partial charge in [0, 0.05) is 73.4 Å². The number of aliphatic hydroxyl groups excluding tert-OH is 7. The lowest BCUT2D eigenvalue weighted by atomic mass is 9.86. The molecule has 6 rings (SSSR count). The third-order valence-electron chi connectivity index (χ3n) is 16.7. The number of anilines is 1. The summed E-state index contributed by atoms with van der Waals surface area (Å²) in [7, 11) is 0.260. The van der Waals surface area contributed by atoms with Crippen LogP contribution in [-0.2, 0) is 69.7 Å². The molecule has 0 aliphatic carbocycles. The molecule has 4 aromatic rings. The first-order valence-electron chi connectivity index (χ1n) is 31.9. The maximum absolute atomic E-state index is 15.4. The number of hydrogen-bond donors (Lipinski definition) is 16. The first-order chi connectivity index (χ1) is 46.7. The fourth-order valence-electron chi connectivity index (χ4n) is 10.9. The molecule has 2 aliphatic heterocycles. The van der Waals surface area contributed by atoms with E-state index in [9.17, 15) is 64.5 Å². The van der Waals surface area contributed by atoms with E-state index >= 15 is 9.59 Å². The van der Waals surface area contributed by atoms with Crippen LogP contribution in [0.1, 0.15) is 128 Å². The van der Waals surface area contributed by atoms with Gasteiger partial charge in [-0.15, -0.1) is 22.7 Å². The van der Waals surface area contributed by atoms with Gasteiger partial charge in [-0.25, -0.2) is 29.7 Å². The molecule has 6 heterocycles. The number of nitrogens with one attached hydrogen (secondary N) is 4. The van der Waals surface area contributed by atoms with Gasteiger partial charge >= 0.3 is 6.09 Å². The Kier molecular flexibility index (Phi) is 30.9. The molecule has 4 unspecified atom stereocenters. The van der Waals surface area contributed by atoms with E-state index in [1.807, 2.05) is 0 Å². The van der Waals surface area contributed by atoms with Crippen LogP contribution in [0.25, 0.3) is 10.7 Å². The van der Waals surface area contributed by atoms with E-state index in [2.05, 4.69) is 58.4 Å². The summed E-state index contributed by atoms with van der Waals surface area (Å²) < 4.78 is 35.4. The number of ether oxygens (including phenoxy) is 6. The zero-order valence-electron chi connectivity index (χ0n) is 56.0. The zero-order valence-corrected chi connectivity index (χ0v) is 58.5. The van der Waals surface area contributed by atoms with Crippen molar-refractivity contribution in [2.75, 3.05) is 50.3 Å². The van der Waals surface area contributed by atoms with Crippen LogP contribution in [0.3, 0.4) is 0 Å². The number of amides is 6. The Morgan fingerprint density at radius 2 is 1.51 bits per heavy atom. The van der Waals surface area contributed by atoms with Gasteiger partial charge in [0.25, 0.3) is 5.91 Å². The molecule has 21 N–H and O–H groups in total. The monoisotopic (exact) mass is 1450 g/mol. The molecule has 6 amide bonds. The first kappa shape index (κ1) is 81.1. The van der Waals surface area contributed by atoms with Gasteiger partial charge in [-0.2, -0.15) is 0 Å². The van der Waals surface area contributed by atoms with Crippen LogP contribution >= 0.6 is 22.7 Å². The number of nitrogens with zero attached hydrogens (tertiary/aromatic N) is 5. The Morgan fingerprint density at radius 3 is 2.13 bits per heavy atom. The van der Waals surface area contributed by atoms with Crippen molar-refractivity contribution < 1.29 is 103 Å². The van der Waals surface area contributed by atoms with Crippen LogP contribution in [0.2, 0.25) is 0 Å². The van der Waals surface area contributed by atoms with E-state index in [-0.39, 0.29) is 76.9 Å². The number of carbonyl (C=O) groups is 8. The van der Waals surface area contributed by atoms with Gasteiger partial charge in [0.1, 0.15) is 94.1 Å². The first-order valence-corrected chi connectivity index (χ1v) is 35.9. The van der Waals surface area contributed by atoms with Gasteiger partial charge in [-0.1, -0.05) is 6.92 Å². The lowest BCUT2D eigenvalue weighted by Crippen LogP contribution is -2.65. The molecule has 0 bridgehead atoms. The lowest BCUT2D eigenvalue weighted by molar-refractivity contribution is -0.373. The molecule has 35 nitrogen and oxygen atoms in total. The smallest absolute Gasteiger partial charge is 0.404 e. The SMILES string of the molecule is Cc1c(N)nc([C@@H](CC[C@H](N)C(N)=O)CC(N)=O)nc1C(=O)C[C@H](C(=O)N[C@H](C)[C@@H](O)[C@H](C)C(=O)C[C@H](C(=O)NCCc1nc(-c2nc(C(=O)NCCC[S+](C)C)cs2)cs1)[C@@H](C)O)[C@@H](O[C@@H]1OC(COC(C)C)[C@@H](O)[C@@H](O)C1O[C@H]1OC(CO)[C@@H](O)C(OC(N)=O)[C@H]1O)c1cnc[nH]1. The Hall–Kier alpha value is -6.86. The molecule has 0 saturated carbocycles. The topological polar surface area (TPSA) is 580 Å². The number of primary amides is 3. The number of nitrogen functional groups attached to an aromatic ring is 1. The number of ketones is 2. The molecule has 99 heavy (non-hydrogen) atoms. The molecule has 2 saturated heterocycles. The number of imidazole rings is 1. The number of Topliss-reactive ketones (excluding diaryl/α,β-unsaturated/α-hetero) is 2. The van der Waals surface area contributed by atoms with Crippen molar-refractivity contribution in [1.29, 1.82) is 0 Å². The van der Waals surface area contributed by atoms with Gasteiger partial charge in [-0.3, -0.25) is 33.6 Å². The summed E-state index contributed by atoms with van der Waals surface area (Å²) in [5.41, 5.74) is 28.9. The van der Waals surface area contributed by atoms with E-state index in [4.69, 9.17) is 57.1 Å². The molecular formula is C61H93N14O21S3+. The second-order valence-electron chi connectivity index (χ2n) is 24.9. The molecule has 550 valence electrons. The van der Waals surface area contributed by atoms with Crippen LogP contribution in [0.4, 0.5) is 10.6 Å². The highest BCUT2D eigenvalue weighted by molar-refractivity contribution is 7.95. The van der Waals surface area contributed by atoms with Crippen molar-refractivity contribution in [3.8, 4) is 10.7 Å². The highest BCUT2D eigenvalue weighted by Crippen LogP contribution is 2.38. The molecule has 0 spiro atoms. The molecule has 0 radical (unpaired) electrons. The second kappa shape index (κ2) is 37.7. The fraction of sp³-hybridized carbons (Fsp3) is 0.656. The number of aliphatic hydroxyl groups is 7. The van der Waals surface area contributed by atoms with Gasteiger partial charge in [0.05, 0.1) is 91.2 Å². The Bertz CT molecular complexity index is 3350. The van der Waals surface area contributed by atoms with Crippen molar-refractivity contribution in [3.05, 3.63) is 56.8 Å². The summed E-state index contributed by atoms with van der Waals surface area (Å²) in [6.45, 7) is 7.91. The maximum Gasteiger partial charge on any atom is 0.404 e. The van der Waals surface area contributed by atoms with Crippen molar-refractivity contribution in [3.63, 3.8) is 0 Å². The zero-order chi connectivity index (χ0) is 73.3. The van der Waals surface area contributed by atoms with Crippen LogP contribution in [0.15, 0.2) is 23.3 Å². The van der Waals surface area contributed by atoms with E-state index in [0.717, 1.165) is 12.2 Å². The number of rotatable bonds is 39. The molecule has 2 aliphatic rings. The third kappa shape index (κ3) is 22.6. The third-order valence-corrected chi connectivity index (χ3v) is 19.6. The Labute approximate surface area is 581 Å². The summed E-state index contributed by atoms with van der Waals surface area (Å²) in [5, 5.41) is 91.8. The largest absolute Gasteiger partial charge is 0.441 e. The van der Waals surface area contributed by atoms with Crippen LogP contribution in [-0.4, -0.2) is 249 Å². The molecule has 4 aromatic heterocycles. The number of aromatic amines is 1. The lowest BCUT2D eigenvalue weighted by Gasteiger charge is -2.47. The minimum absolute atomic E-state index is 0.00900. The summed E-state index contributed by atoms with van der Waals surface area (Å²) in [4.78, 5) is 132. The molecule has 0 aromatic carbocycles. The Morgan fingerprint density at radius 1 is 0.798 bits per heavy atom. The predicted octanol–water partition coefficient (Wildman–Crippen LogP) is -2.86. The molecular weight excluding hydrogens is 1360 g/mol. The summed E-state index contributed by atoms with van der Waals surface area (Å²) >= 11 is 2.57. The number of carbonyl (C=O) groups excluding carboxylic acids is 8. The quantitative estimate of drug-likeness (QED) is 0.0121. The fourth-order valence-corrected chi connectivity index (χ4v) is 13.2. The summed E-state index contributed by atoms with van der Waals surface area (Å²) in [6.07, 6.45) is -20.4. The standard InChI is InChI=1S/C61H92N14O21S3/c1-25(2)91-21-40-45(82)47(84)51(95-59-48(85)50(96-61(66)90)46(83)39(20-76)92-59)60(93-40)94-49(34-19-67-24-70-34)32(18-38(79)43-27(4)52(64)75-54(74-43)30(16-41(63)80)10-11-33(62)53(65)86)56(88)71-28(5)44(81)26(3)37(78)17-31(29(6)77)55(87)69-14-12-42-72-36(23-97-42)58-73-35(22-98-58)57(89)68-13-9-15-99(7)8/h19,22-26,28-33,39-40,44-51,59-60,76-77,81-85H,9-18,20-21,62H2,1-8H3,(H11-,63,64,65,66,67,68,69,70,71,74,75,80,86,87,88,89,90)/p+1/t26-,28-,29-,30+,31+,32+,33+,39?,40?,44+,45-,46-,47-,48-,49-,50?,51?,59-,60+/m1/s1. The number of aromatic nitrogens is 6. The molecule has 38 heteroatoms. The van der Waals surface area contributed by atoms with Crippen LogP contribution in [0.5, 0.6) is 0 Å². The van der Waals surface area contributed by atoms with Crippen molar-refractivity contribution in [2.24, 2.45) is 40.7 Å². The van der Waals surface area contributed by atoms with Crippen LogP contribution in [0, 0.1) is 24.7 Å².